The molecule has 4 rings (SSSR count). The summed E-state index contributed by atoms with van der Waals surface area (Å²) in [5.74, 6) is 2.78. The number of carbonyl (C=O) groups excluding carboxylic acids is 1. The summed E-state index contributed by atoms with van der Waals surface area (Å²) in [5, 5.41) is 10.4. The Labute approximate surface area is 192 Å². The number of methoxy groups -OCH3 is 2. The predicted octanol–water partition coefficient (Wildman–Crippen LogP) is 5.53. The van der Waals surface area contributed by atoms with E-state index in [1.165, 1.54) is 43.4 Å². The number of benzene rings is 1. The highest BCUT2D eigenvalue weighted by molar-refractivity contribution is 7.13. The number of hydrogen-bond donors (Lipinski definition) is 1. The molecule has 170 valence electrons. The summed E-state index contributed by atoms with van der Waals surface area (Å²) in [6.07, 6.45) is 7.99. The molecule has 0 spiro atoms. The van der Waals surface area contributed by atoms with E-state index in [-0.39, 0.29) is 5.91 Å². The summed E-state index contributed by atoms with van der Waals surface area (Å²) in [7, 11) is 5.07. The molecular weight excluding hydrogens is 424 g/mol. The van der Waals surface area contributed by atoms with Crippen LogP contribution < -0.4 is 14.8 Å². The fourth-order valence-electron chi connectivity index (χ4n) is 4.22. The average Bonchev–Trinajstić information content (AvgIpc) is 3.45. The number of aromatic nitrogens is 3. The van der Waals surface area contributed by atoms with Gasteiger partial charge in [0.1, 0.15) is 16.5 Å². The number of aryl methyl sites for hydroxylation is 1. The van der Waals surface area contributed by atoms with Crippen LogP contribution >= 0.6 is 11.3 Å². The molecule has 0 radical (unpaired) electrons. The molecule has 2 heterocycles. The molecule has 0 atom stereocenters. The van der Waals surface area contributed by atoms with E-state index in [2.05, 4.69) is 10.4 Å². The second-order valence-electron chi connectivity index (χ2n) is 8.24. The first-order valence-corrected chi connectivity index (χ1v) is 12.0. The van der Waals surface area contributed by atoms with Crippen LogP contribution in [0.25, 0.3) is 22.0 Å². The van der Waals surface area contributed by atoms with Crippen LogP contribution in [0.5, 0.6) is 11.5 Å². The number of hydrogen-bond acceptors (Lipinski definition) is 6. The monoisotopic (exact) mass is 454 g/mol. The highest BCUT2D eigenvalue weighted by Crippen LogP contribution is 2.35. The van der Waals surface area contributed by atoms with Crippen molar-refractivity contribution in [3.05, 3.63) is 29.6 Å². The summed E-state index contributed by atoms with van der Waals surface area (Å²) in [6.45, 7) is 0. The van der Waals surface area contributed by atoms with E-state index < -0.39 is 0 Å². The van der Waals surface area contributed by atoms with Crippen LogP contribution in [0.15, 0.2) is 29.6 Å². The van der Waals surface area contributed by atoms with Gasteiger partial charge in [0.2, 0.25) is 5.91 Å². The maximum absolute atomic E-state index is 12.5. The standard InChI is InChI=1S/C24H30N4O3S/c1-28-22(26-23(29)12-9-16-7-5-4-6-8-16)14-18(27-28)24-25-19(15-32-24)17-10-11-20(30-2)21(13-17)31-3/h10-11,13-16H,4-9,12H2,1-3H3,(H,26,29). The molecule has 1 aromatic carbocycles. The summed E-state index contributed by atoms with van der Waals surface area (Å²) < 4.78 is 12.4. The maximum Gasteiger partial charge on any atom is 0.225 e. The highest BCUT2D eigenvalue weighted by Gasteiger charge is 2.17. The van der Waals surface area contributed by atoms with Gasteiger partial charge in [0.15, 0.2) is 11.5 Å². The average molecular weight is 455 g/mol. The van der Waals surface area contributed by atoms with Gasteiger partial charge in [0.25, 0.3) is 0 Å². The zero-order chi connectivity index (χ0) is 22.5. The van der Waals surface area contributed by atoms with Crippen LogP contribution in [0.4, 0.5) is 5.82 Å². The first kappa shape index (κ1) is 22.3. The molecule has 3 aromatic rings. The van der Waals surface area contributed by atoms with Crippen LogP contribution in [0.2, 0.25) is 0 Å². The van der Waals surface area contributed by atoms with Crippen molar-refractivity contribution in [3.8, 4) is 33.5 Å². The van der Waals surface area contributed by atoms with Crippen LogP contribution in [-0.2, 0) is 11.8 Å². The number of anilines is 1. The molecule has 0 aliphatic heterocycles. The van der Waals surface area contributed by atoms with Crippen molar-refractivity contribution in [2.24, 2.45) is 13.0 Å². The first-order chi connectivity index (χ1) is 15.6. The van der Waals surface area contributed by atoms with Crippen molar-refractivity contribution in [1.82, 2.24) is 14.8 Å². The number of ether oxygens (including phenoxy) is 2. The molecule has 0 bridgehead atoms. The van der Waals surface area contributed by atoms with Gasteiger partial charge in [0, 0.05) is 30.5 Å². The summed E-state index contributed by atoms with van der Waals surface area (Å²) in [5.41, 5.74) is 2.53. The molecule has 0 saturated heterocycles. The summed E-state index contributed by atoms with van der Waals surface area (Å²) in [4.78, 5) is 17.2. The highest BCUT2D eigenvalue weighted by atomic mass is 32.1. The molecule has 7 nitrogen and oxygen atoms in total. The van der Waals surface area contributed by atoms with E-state index in [1.807, 2.05) is 36.7 Å². The SMILES string of the molecule is COc1ccc(-c2csc(-c3cc(NC(=O)CCC4CCCCC4)n(C)n3)n2)cc1OC. The fourth-order valence-corrected chi connectivity index (χ4v) is 5.01. The number of rotatable bonds is 8. The first-order valence-electron chi connectivity index (χ1n) is 11.1. The number of amides is 1. The molecule has 0 unspecified atom stereocenters. The minimum absolute atomic E-state index is 0.0512. The Morgan fingerprint density at radius 2 is 1.91 bits per heavy atom. The molecule has 1 aliphatic carbocycles. The van der Waals surface area contributed by atoms with Crippen molar-refractivity contribution in [2.75, 3.05) is 19.5 Å². The smallest absolute Gasteiger partial charge is 0.225 e. The second-order valence-corrected chi connectivity index (χ2v) is 9.10. The van der Waals surface area contributed by atoms with Crippen LogP contribution in [-0.4, -0.2) is 34.9 Å². The van der Waals surface area contributed by atoms with Crippen LogP contribution in [0.1, 0.15) is 44.9 Å². The Balaban J connectivity index is 1.42. The van der Waals surface area contributed by atoms with Gasteiger partial charge in [-0.15, -0.1) is 11.3 Å². The Kier molecular flexibility index (Phi) is 7.09. The Bertz CT molecular complexity index is 1070. The summed E-state index contributed by atoms with van der Waals surface area (Å²) in [6, 6.07) is 7.62. The van der Waals surface area contributed by atoms with Gasteiger partial charge in [-0.1, -0.05) is 32.1 Å². The number of thiazole rings is 1. The lowest BCUT2D eigenvalue weighted by Crippen LogP contribution is -2.16. The number of nitrogens with one attached hydrogen (secondary N) is 1. The molecule has 8 heteroatoms. The van der Waals surface area contributed by atoms with Crippen molar-refractivity contribution in [3.63, 3.8) is 0 Å². The van der Waals surface area contributed by atoms with Gasteiger partial charge in [0.05, 0.1) is 19.9 Å². The normalized spacial score (nSPS) is 14.3. The van der Waals surface area contributed by atoms with Gasteiger partial charge < -0.3 is 14.8 Å². The van der Waals surface area contributed by atoms with Gasteiger partial charge in [-0.2, -0.15) is 5.10 Å². The lowest BCUT2D eigenvalue weighted by molar-refractivity contribution is -0.116. The fraction of sp³-hybridized carbons (Fsp3) is 0.458. The van der Waals surface area contributed by atoms with E-state index >= 15 is 0 Å². The minimum atomic E-state index is 0.0512. The molecule has 1 aliphatic rings. The van der Waals surface area contributed by atoms with Gasteiger partial charge in [-0.3, -0.25) is 9.48 Å². The van der Waals surface area contributed by atoms with E-state index in [4.69, 9.17) is 14.5 Å². The third-order valence-electron chi connectivity index (χ3n) is 6.05. The zero-order valence-corrected chi connectivity index (χ0v) is 19.7. The van der Waals surface area contributed by atoms with Crippen molar-refractivity contribution in [2.45, 2.75) is 44.9 Å². The zero-order valence-electron chi connectivity index (χ0n) is 18.9. The molecule has 1 fully saturated rings. The predicted molar refractivity (Wildman–Crippen MR) is 127 cm³/mol. The van der Waals surface area contributed by atoms with Gasteiger partial charge in [-0.05, 0) is 30.5 Å². The van der Waals surface area contributed by atoms with Gasteiger partial charge in [-0.25, -0.2) is 4.98 Å². The third kappa shape index (κ3) is 5.12. The largest absolute Gasteiger partial charge is 0.493 e. The number of carbonyl (C=O) groups is 1. The Hall–Kier alpha value is -2.87. The van der Waals surface area contributed by atoms with Gasteiger partial charge >= 0.3 is 0 Å². The second kappa shape index (κ2) is 10.2. The van der Waals surface area contributed by atoms with E-state index in [1.54, 1.807) is 18.9 Å². The lowest BCUT2D eigenvalue weighted by atomic mass is 9.86. The lowest BCUT2D eigenvalue weighted by Gasteiger charge is -2.20. The van der Waals surface area contributed by atoms with Crippen molar-refractivity contribution >= 4 is 23.1 Å². The molecule has 32 heavy (non-hydrogen) atoms. The minimum Gasteiger partial charge on any atom is -0.493 e. The van der Waals surface area contributed by atoms with E-state index in [9.17, 15) is 4.79 Å². The molecular formula is C24H30N4O3S. The topological polar surface area (TPSA) is 78.3 Å². The van der Waals surface area contributed by atoms with Crippen molar-refractivity contribution < 1.29 is 14.3 Å². The van der Waals surface area contributed by atoms with Crippen LogP contribution in [0, 0.1) is 5.92 Å². The van der Waals surface area contributed by atoms with Crippen molar-refractivity contribution in [1.29, 1.82) is 0 Å². The quantitative estimate of drug-likeness (QED) is 0.484. The Morgan fingerprint density at radius 1 is 1.12 bits per heavy atom. The van der Waals surface area contributed by atoms with E-state index in [0.717, 1.165) is 28.4 Å². The molecule has 1 amide bonds. The number of nitrogens with zero attached hydrogens (tertiary/aromatic N) is 3. The Morgan fingerprint density at radius 3 is 2.66 bits per heavy atom. The third-order valence-corrected chi connectivity index (χ3v) is 6.92. The van der Waals surface area contributed by atoms with E-state index in [0.29, 0.717) is 29.7 Å². The van der Waals surface area contributed by atoms with Crippen LogP contribution in [0.3, 0.4) is 0 Å². The summed E-state index contributed by atoms with van der Waals surface area (Å²) >= 11 is 1.52. The molecule has 1 saturated carbocycles. The molecule has 1 N–H and O–H groups in total. The maximum atomic E-state index is 12.5. The molecule has 2 aromatic heterocycles.